The molecule has 1 aromatic heterocycles. The lowest BCUT2D eigenvalue weighted by Crippen LogP contribution is -2.26. The van der Waals surface area contributed by atoms with Crippen LogP contribution in [0.15, 0.2) is 83.7 Å². The second-order valence-corrected chi connectivity index (χ2v) is 8.66. The largest absolute Gasteiger partial charge is 0.468 e. The van der Waals surface area contributed by atoms with Gasteiger partial charge in [0.05, 0.1) is 25.0 Å². The Morgan fingerprint density at radius 1 is 1.22 bits per heavy atom. The number of allylic oxidation sites excluding steroid dienone is 2. The van der Waals surface area contributed by atoms with E-state index in [-0.39, 0.29) is 12.5 Å². The zero-order valence-electron chi connectivity index (χ0n) is 17.7. The molecule has 0 radical (unpaired) electrons. The van der Waals surface area contributed by atoms with Crippen molar-refractivity contribution in [1.29, 1.82) is 0 Å². The standard InChI is InChI=1S/C25H24N4O2S/c1-31-25(30)15-26-13-19-14-27-22-8-7-20(12-21(19)22)28-29-16-18(17-5-3-2-4-6-17)11-24-23(29)9-10-32-24/h2-9,11-12,14,16,26-28H,10,13,15H2,1H3. The summed E-state index contributed by atoms with van der Waals surface area (Å²) >= 11 is 1.85. The number of aromatic amines is 1. The molecule has 0 atom stereocenters. The molecule has 6 nitrogen and oxygen atoms in total. The van der Waals surface area contributed by atoms with Gasteiger partial charge in [-0.25, -0.2) is 0 Å². The highest BCUT2D eigenvalue weighted by molar-refractivity contribution is 8.03. The quantitative estimate of drug-likeness (QED) is 0.462. The maximum absolute atomic E-state index is 11.4. The number of methoxy groups -OCH3 is 1. The molecule has 0 fully saturated rings. The molecule has 0 amide bonds. The van der Waals surface area contributed by atoms with E-state index in [1.807, 2.05) is 24.0 Å². The number of H-pyrrole nitrogens is 1. The molecule has 5 rings (SSSR count). The number of rotatable bonds is 7. The number of aromatic nitrogens is 1. The Morgan fingerprint density at radius 2 is 2.09 bits per heavy atom. The zero-order valence-corrected chi connectivity index (χ0v) is 18.5. The predicted molar refractivity (Wildman–Crippen MR) is 131 cm³/mol. The summed E-state index contributed by atoms with van der Waals surface area (Å²) in [4.78, 5) is 16.0. The molecule has 0 spiro atoms. The average Bonchev–Trinajstić information content (AvgIpc) is 3.46. The highest BCUT2D eigenvalue weighted by Crippen LogP contribution is 2.40. The van der Waals surface area contributed by atoms with Crippen LogP contribution in [0.2, 0.25) is 0 Å². The van der Waals surface area contributed by atoms with Crippen LogP contribution in [0.4, 0.5) is 5.69 Å². The number of hydrogen-bond acceptors (Lipinski definition) is 6. The monoisotopic (exact) mass is 444 g/mol. The number of hydrogen-bond donors (Lipinski definition) is 3. The summed E-state index contributed by atoms with van der Waals surface area (Å²) in [5.41, 5.74) is 10.3. The smallest absolute Gasteiger partial charge is 0.319 e. The molecule has 0 saturated carbocycles. The number of benzene rings is 2. The van der Waals surface area contributed by atoms with Gasteiger partial charge in [0.15, 0.2) is 0 Å². The minimum absolute atomic E-state index is 0.183. The Balaban J connectivity index is 1.39. The van der Waals surface area contributed by atoms with E-state index < -0.39 is 0 Å². The van der Waals surface area contributed by atoms with Crippen LogP contribution in [0.25, 0.3) is 16.5 Å². The molecule has 0 unspecified atom stereocenters. The van der Waals surface area contributed by atoms with Gasteiger partial charge in [0.25, 0.3) is 0 Å². The molecule has 3 aromatic rings. The maximum atomic E-state index is 11.4. The number of ether oxygens (including phenoxy) is 1. The van der Waals surface area contributed by atoms with E-state index >= 15 is 0 Å². The van der Waals surface area contributed by atoms with Gasteiger partial charge in [0.2, 0.25) is 0 Å². The SMILES string of the molecule is COC(=O)CNCc1c[nH]c2ccc(NN3C=C(c4ccccc4)C=C4SCC=C43)cc12. The summed E-state index contributed by atoms with van der Waals surface area (Å²) in [6.07, 6.45) is 8.64. The number of fused-ring (bicyclic) bond motifs is 2. The molecule has 7 heteroatoms. The van der Waals surface area contributed by atoms with Crippen molar-refractivity contribution in [3.05, 3.63) is 94.8 Å². The van der Waals surface area contributed by atoms with E-state index in [1.54, 1.807) is 0 Å². The van der Waals surface area contributed by atoms with E-state index in [4.69, 9.17) is 4.74 Å². The first-order chi connectivity index (χ1) is 15.7. The van der Waals surface area contributed by atoms with Crippen molar-refractivity contribution in [1.82, 2.24) is 15.3 Å². The van der Waals surface area contributed by atoms with E-state index in [9.17, 15) is 4.79 Å². The highest BCUT2D eigenvalue weighted by Gasteiger charge is 2.23. The molecule has 32 heavy (non-hydrogen) atoms. The lowest BCUT2D eigenvalue weighted by Gasteiger charge is -2.29. The van der Waals surface area contributed by atoms with Crippen molar-refractivity contribution in [3.8, 4) is 0 Å². The summed E-state index contributed by atoms with van der Waals surface area (Å²) < 4.78 is 4.69. The Kier molecular flexibility index (Phi) is 5.75. The Morgan fingerprint density at radius 3 is 2.94 bits per heavy atom. The lowest BCUT2D eigenvalue weighted by atomic mass is 10.0. The van der Waals surface area contributed by atoms with Crippen LogP contribution >= 0.6 is 11.8 Å². The summed E-state index contributed by atoms with van der Waals surface area (Å²) in [5, 5.41) is 6.36. The van der Waals surface area contributed by atoms with Gasteiger partial charge in [-0.15, -0.1) is 11.8 Å². The van der Waals surface area contributed by atoms with Gasteiger partial charge < -0.3 is 15.0 Å². The van der Waals surface area contributed by atoms with Crippen LogP contribution in [0, 0.1) is 0 Å². The van der Waals surface area contributed by atoms with E-state index in [1.165, 1.54) is 28.8 Å². The Hall–Kier alpha value is -3.42. The zero-order chi connectivity index (χ0) is 21.9. The molecule has 3 N–H and O–H groups in total. The molecular weight excluding hydrogens is 420 g/mol. The number of hydrazine groups is 1. The molecule has 0 saturated heterocycles. The van der Waals surface area contributed by atoms with Crippen LogP contribution < -0.4 is 10.7 Å². The number of nitrogens with one attached hydrogen (secondary N) is 3. The molecule has 2 aliphatic heterocycles. The number of carbonyl (C=O) groups excluding carboxylic acids is 1. The topological polar surface area (TPSA) is 69.4 Å². The summed E-state index contributed by atoms with van der Waals surface area (Å²) in [6, 6.07) is 16.7. The minimum Gasteiger partial charge on any atom is -0.468 e. The first-order valence-electron chi connectivity index (χ1n) is 10.5. The predicted octanol–water partition coefficient (Wildman–Crippen LogP) is 4.63. The van der Waals surface area contributed by atoms with Crippen LogP contribution in [-0.2, 0) is 16.1 Å². The Labute approximate surface area is 191 Å². The van der Waals surface area contributed by atoms with Crippen molar-refractivity contribution < 1.29 is 9.53 Å². The normalized spacial score (nSPS) is 15.2. The van der Waals surface area contributed by atoms with Crippen molar-refractivity contribution >= 4 is 39.9 Å². The molecule has 162 valence electrons. The molecule has 3 heterocycles. The van der Waals surface area contributed by atoms with Crippen LogP contribution in [-0.4, -0.2) is 35.4 Å². The second-order valence-electron chi connectivity index (χ2n) is 7.60. The minimum atomic E-state index is -0.273. The summed E-state index contributed by atoms with van der Waals surface area (Å²) in [5.74, 6) is 0.701. The first kappa shape index (κ1) is 20.5. The van der Waals surface area contributed by atoms with Gasteiger partial charge in [-0.1, -0.05) is 30.3 Å². The van der Waals surface area contributed by atoms with Gasteiger partial charge in [0.1, 0.15) is 0 Å². The summed E-state index contributed by atoms with van der Waals surface area (Å²) in [7, 11) is 1.39. The Bertz CT molecular complexity index is 1240. The van der Waals surface area contributed by atoms with Crippen molar-refractivity contribution in [3.63, 3.8) is 0 Å². The number of anilines is 1. The lowest BCUT2D eigenvalue weighted by molar-refractivity contribution is -0.139. The number of nitrogens with zero attached hydrogens (tertiary/aromatic N) is 1. The van der Waals surface area contributed by atoms with Crippen LogP contribution in [0.1, 0.15) is 11.1 Å². The van der Waals surface area contributed by atoms with Gasteiger partial charge in [-0.2, -0.15) is 0 Å². The number of esters is 1. The third-order valence-electron chi connectivity index (χ3n) is 5.52. The molecule has 2 aromatic carbocycles. The third-order valence-corrected chi connectivity index (χ3v) is 6.49. The van der Waals surface area contributed by atoms with Gasteiger partial charge >= 0.3 is 5.97 Å². The molecule has 0 bridgehead atoms. The van der Waals surface area contributed by atoms with E-state index in [0.29, 0.717) is 6.54 Å². The fraction of sp³-hybridized carbons (Fsp3) is 0.160. The van der Waals surface area contributed by atoms with Gasteiger partial charge in [-0.05, 0) is 41.5 Å². The van der Waals surface area contributed by atoms with Gasteiger partial charge in [0, 0.05) is 46.1 Å². The van der Waals surface area contributed by atoms with E-state index in [2.05, 4.69) is 81.6 Å². The fourth-order valence-corrected chi connectivity index (χ4v) is 4.85. The maximum Gasteiger partial charge on any atom is 0.319 e. The van der Waals surface area contributed by atoms with Crippen LogP contribution in [0.5, 0.6) is 0 Å². The third kappa shape index (κ3) is 4.17. The van der Waals surface area contributed by atoms with Crippen molar-refractivity contribution in [2.24, 2.45) is 0 Å². The fourth-order valence-electron chi connectivity index (χ4n) is 3.89. The number of thioether (sulfide) groups is 1. The summed E-state index contributed by atoms with van der Waals surface area (Å²) in [6.45, 7) is 0.762. The van der Waals surface area contributed by atoms with Gasteiger partial charge in [-0.3, -0.25) is 15.2 Å². The van der Waals surface area contributed by atoms with E-state index in [0.717, 1.165) is 27.9 Å². The second kappa shape index (κ2) is 8.98. The average molecular weight is 445 g/mol. The number of carbonyl (C=O) groups is 1. The molecule has 2 aliphatic rings. The molecule has 0 aliphatic carbocycles. The van der Waals surface area contributed by atoms with Crippen LogP contribution in [0.3, 0.4) is 0 Å². The molecular formula is C25H24N4O2S. The first-order valence-corrected chi connectivity index (χ1v) is 11.5. The van der Waals surface area contributed by atoms with Crippen molar-refractivity contribution in [2.45, 2.75) is 6.54 Å². The highest BCUT2D eigenvalue weighted by atomic mass is 32.2. The van der Waals surface area contributed by atoms with Crippen molar-refractivity contribution in [2.75, 3.05) is 24.8 Å².